The zero-order valence-electron chi connectivity index (χ0n) is 19.0. The molecule has 1 aromatic heterocycles. The van der Waals surface area contributed by atoms with Gasteiger partial charge in [0.2, 0.25) is 0 Å². The van der Waals surface area contributed by atoms with Crippen LogP contribution in [0.5, 0.6) is 0 Å². The zero-order chi connectivity index (χ0) is 23.1. The van der Waals surface area contributed by atoms with Gasteiger partial charge in [-0.1, -0.05) is 32.9 Å². The summed E-state index contributed by atoms with van der Waals surface area (Å²) in [5, 5.41) is -0.472. The summed E-state index contributed by atoms with van der Waals surface area (Å²) < 4.78 is 6.80. The average molecular weight is 441 g/mol. The molecule has 0 saturated carbocycles. The van der Waals surface area contributed by atoms with Crippen molar-refractivity contribution in [1.29, 1.82) is 0 Å². The third-order valence-electron chi connectivity index (χ3n) is 5.50. The Labute approximate surface area is 187 Å². The van der Waals surface area contributed by atoms with Gasteiger partial charge in [-0.05, 0) is 73.4 Å². The fourth-order valence-corrected chi connectivity index (χ4v) is 4.57. The van der Waals surface area contributed by atoms with Crippen molar-refractivity contribution < 1.29 is 19.1 Å². The minimum atomic E-state index is -0.961. The Bertz CT molecular complexity index is 1070. The molecule has 1 aliphatic heterocycles. The fourth-order valence-electron chi connectivity index (χ4n) is 3.67. The maximum atomic E-state index is 12.8. The van der Waals surface area contributed by atoms with E-state index in [1.54, 1.807) is 6.08 Å². The van der Waals surface area contributed by atoms with Crippen LogP contribution in [0.25, 0.3) is 11.8 Å². The summed E-state index contributed by atoms with van der Waals surface area (Å²) in [6.45, 7) is 12.0. The van der Waals surface area contributed by atoms with Gasteiger partial charge in [0.1, 0.15) is 6.04 Å². The molecule has 0 unspecified atom stereocenters. The lowest BCUT2D eigenvalue weighted by molar-refractivity contribution is -0.148. The van der Waals surface area contributed by atoms with Crippen molar-refractivity contribution in [3.63, 3.8) is 0 Å². The van der Waals surface area contributed by atoms with E-state index < -0.39 is 23.2 Å². The third-order valence-corrected chi connectivity index (χ3v) is 6.39. The van der Waals surface area contributed by atoms with Crippen molar-refractivity contribution in [3.05, 3.63) is 57.8 Å². The summed E-state index contributed by atoms with van der Waals surface area (Å²) in [6, 6.07) is 9.48. The molecule has 0 N–H and O–H groups in total. The number of rotatable bonds is 4. The Hall–Kier alpha value is -2.80. The van der Waals surface area contributed by atoms with Crippen molar-refractivity contribution in [2.24, 2.45) is 0 Å². The van der Waals surface area contributed by atoms with Crippen LogP contribution in [0.2, 0.25) is 0 Å². The van der Waals surface area contributed by atoms with Gasteiger partial charge < -0.3 is 9.30 Å². The van der Waals surface area contributed by atoms with Crippen LogP contribution in [0, 0.1) is 13.8 Å². The molecule has 2 aromatic rings. The normalized spacial score (nSPS) is 16.9. The van der Waals surface area contributed by atoms with E-state index in [-0.39, 0.29) is 5.41 Å². The molecule has 2 heterocycles. The van der Waals surface area contributed by atoms with Crippen LogP contribution < -0.4 is 0 Å². The molecule has 1 atom stereocenters. The number of hydrogen-bond acceptors (Lipinski definition) is 5. The number of carbonyl (C=O) groups excluding carboxylic acids is 3. The summed E-state index contributed by atoms with van der Waals surface area (Å²) in [5.74, 6) is -1.10. The highest BCUT2D eigenvalue weighted by Gasteiger charge is 2.41. The number of amides is 2. The zero-order valence-corrected chi connectivity index (χ0v) is 19.8. The molecule has 7 heteroatoms. The number of imide groups is 1. The Morgan fingerprint density at radius 2 is 1.74 bits per heavy atom. The first-order chi connectivity index (χ1) is 14.5. The third kappa shape index (κ3) is 4.32. The highest BCUT2D eigenvalue weighted by atomic mass is 32.2. The van der Waals surface area contributed by atoms with Crippen molar-refractivity contribution in [3.8, 4) is 5.69 Å². The van der Waals surface area contributed by atoms with Crippen molar-refractivity contribution >= 4 is 35.0 Å². The van der Waals surface area contributed by atoms with Gasteiger partial charge in [0.15, 0.2) is 0 Å². The summed E-state index contributed by atoms with van der Waals surface area (Å²) in [7, 11) is 1.23. The average Bonchev–Trinajstić information content (AvgIpc) is 3.14. The molecule has 0 radical (unpaired) electrons. The summed E-state index contributed by atoms with van der Waals surface area (Å²) in [6.07, 6.45) is 1.72. The monoisotopic (exact) mass is 440 g/mol. The number of carbonyl (C=O) groups is 3. The Kier molecular flexibility index (Phi) is 6.18. The SMILES string of the molecule is COC(=O)[C@H](C)N1C(=O)S/C(=C/c2cc(C)n(-c3ccc(C(C)(C)C)cc3)c2C)C1=O. The number of methoxy groups -OCH3 is 1. The lowest BCUT2D eigenvalue weighted by atomic mass is 9.87. The second kappa shape index (κ2) is 8.38. The fraction of sp³-hybridized carbons (Fsp3) is 0.375. The van der Waals surface area contributed by atoms with E-state index in [0.717, 1.165) is 39.3 Å². The molecule has 6 nitrogen and oxygen atoms in total. The van der Waals surface area contributed by atoms with Crippen LogP contribution in [0.4, 0.5) is 4.79 Å². The highest BCUT2D eigenvalue weighted by molar-refractivity contribution is 8.18. The van der Waals surface area contributed by atoms with Crippen LogP contribution in [-0.2, 0) is 19.7 Å². The number of ether oxygens (including phenoxy) is 1. The van der Waals surface area contributed by atoms with E-state index in [9.17, 15) is 14.4 Å². The van der Waals surface area contributed by atoms with Gasteiger partial charge in [-0.15, -0.1) is 0 Å². The summed E-state index contributed by atoms with van der Waals surface area (Å²) in [5.41, 5.74) is 5.22. The summed E-state index contributed by atoms with van der Waals surface area (Å²) in [4.78, 5) is 38.2. The Morgan fingerprint density at radius 3 is 2.29 bits per heavy atom. The van der Waals surface area contributed by atoms with E-state index in [4.69, 9.17) is 0 Å². The maximum Gasteiger partial charge on any atom is 0.328 e. The van der Waals surface area contributed by atoms with Crippen molar-refractivity contribution in [2.45, 2.75) is 53.0 Å². The molecule has 1 aliphatic rings. The predicted molar refractivity (Wildman–Crippen MR) is 123 cm³/mol. The molecule has 2 amide bonds. The minimum absolute atomic E-state index is 0.0781. The number of esters is 1. The number of hydrogen-bond donors (Lipinski definition) is 0. The van der Waals surface area contributed by atoms with E-state index in [2.05, 4.69) is 54.3 Å². The van der Waals surface area contributed by atoms with Gasteiger partial charge in [0.05, 0.1) is 12.0 Å². The molecule has 3 rings (SSSR count). The quantitative estimate of drug-likeness (QED) is 0.495. The van der Waals surface area contributed by atoms with Crippen LogP contribution in [0.15, 0.2) is 35.2 Å². The van der Waals surface area contributed by atoms with Gasteiger partial charge in [0, 0.05) is 17.1 Å². The van der Waals surface area contributed by atoms with Crippen LogP contribution >= 0.6 is 11.8 Å². The van der Waals surface area contributed by atoms with Gasteiger partial charge in [-0.25, -0.2) is 4.79 Å². The standard InChI is InChI=1S/C24H28N2O4S/c1-14-12-17(13-20-21(27)26(23(29)31-20)16(3)22(28)30-7)15(2)25(14)19-10-8-18(9-11-19)24(4,5)6/h8-13,16H,1-7H3/b20-13+/t16-/m0/s1. The highest BCUT2D eigenvalue weighted by Crippen LogP contribution is 2.35. The molecule has 0 bridgehead atoms. The van der Waals surface area contributed by atoms with Gasteiger partial charge in [-0.3, -0.25) is 14.5 Å². The smallest absolute Gasteiger partial charge is 0.328 e. The number of nitrogens with zero attached hydrogens (tertiary/aromatic N) is 2. The molecule has 1 aromatic carbocycles. The molecular weight excluding hydrogens is 412 g/mol. The largest absolute Gasteiger partial charge is 0.467 e. The second-order valence-electron chi connectivity index (χ2n) is 8.71. The predicted octanol–water partition coefficient (Wildman–Crippen LogP) is 4.99. The molecule has 0 spiro atoms. The topological polar surface area (TPSA) is 68.6 Å². The number of benzene rings is 1. The number of thioether (sulfide) groups is 1. The van der Waals surface area contributed by atoms with Crippen molar-refractivity contribution in [1.82, 2.24) is 9.47 Å². The Morgan fingerprint density at radius 1 is 1.13 bits per heavy atom. The number of aromatic nitrogens is 1. The minimum Gasteiger partial charge on any atom is -0.467 e. The molecule has 1 saturated heterocycles. The molecule has 0 aliphatic carbocycles. The lowest BCUT2D eigenvalue weighted by Gasteiger charge is -2.20. The number of aryl methyl sites for hydroxylation is 1. The first-order valence-corrected chi connectivity index (χ1v) is 10.9. The molecular formula is C24H28N2O4S. The Balaban J connectivity index is 1.94. The van der Waals surface area contributed by atoms with E-state index in [1.165, 1.54) is 19.6 Å². The molecule has 164 valence electrons. The van der Waals surface area contributed by atoms with Gasteiger partial charge >= 0.3 is 5.97 Å². The second-order valence-corrected chi connectivity index (χ2v) is 9.70. The first-order valence-electron chi connectivity index (χ1n) is 10.1. The maximum absolute atomic E-state index is 12.8. The van der Waals surface area contributed by atoms with Crippen LogP contribution in [-0.4, -0.2) is 39.7 Å². The van der Waals surface area contributed by atoms with Crippen LogP contribution in [0.3, 0.4) is 0 Å². The van der Waals surface area contributed by atoms with Crippen molar-refractivity contribution in [2.75, 3.05) is 7.11 Å². The van der Waals surface area contributed by atoms with E-state index in [1.807, 2.05) is 19.9 Å². The van der Waals surface area contributed by atoms with Gasteiger partial charge in [0.25, 0.3) is 11.1 Å². The van der Waals surface area contributed by atoms with E-state index in [0.29, 0.717) is 4.91 Å². The lowest BCUT2D eigenvalue weighted by Crippen LogP contribution is -2.42. The summed E-state index contributed by atoms with van der Waals surface area (Å²) >= 11 is 0.839. The van der Waals surface area contributed by atoms with E-state index >= 15 is 0 Å². The molecule has 1 fully saturated rings. The molecule has 31 heavy (non-hydrogen) atoms. The van der Waals surface area contributed by atoms with Crippen LogP contribution in [0.1, 0.15) is 50.2 Å². The first kappa shape index (κ1) is 22.9. The van der Waals surface area contributed by atoms with Gasteiger partial charge in [-0.2, -0.15) is 0 Å².